The molecule has 2 aromatic heterocycles. The summed E-state index contributed by atoms with van der Waals surface area (Å²) in [6, 6.07) is 8.48. The third-order valence-corrected chi connectivity index (χ3v) is 5.27. The Kier molecular flexibility index (Phi) is 22.8. The first-order valence-electron chi connectivity index (χ1n) is 9.29. The van der Waals surface area contributed by atoms with Crippen LogP contribution < -0.4 is 0 Å². The Balaban J connectivity index is 0. The summed E-state index contributed by atoms with van der Waals surface area (Å²) in [5, 5.41) is 17.1. The Hall–Kier alpha value is -2.36. The fourth-order valence-electron chi connectivity index (χ4n) is 2.03. The van der Waals surface area contributed by atoms with Crippen molar-refractivity contribution in [2.24, 2.45) is 0 Å². The summed E-state index contributed by atoms with van der Waals surface area (Å²) in [5.41, 5.74) is 0. The minimum absolute atomic E-state index is 0.234. The molecule has 0 saturated carbocycles. The van der Waals surface area contributed by atoms with Crippen LogP contribution in [0.4, 0.5) is 0 Å². The van der Waals surface area contributed by atoms with Crippen LogP contribution in [-0.2, 0) is 25.6 Å². The molecule has 0 aliphatic heterocycles. The largest absolute Gasteiger partial charge is 0.396 e. The van der Waals surface area contributed by atoms with Crippen LogP contribution in [0.5, 0.6) is 0 Å². The van der Waals surface area contributed by atoms with Crippen molar-refractivity contribution < 1.29 is 29.4 Å². The van der Waals surface area contributed by atoms with Gasteiger partial charge in [-0.1, -0.05) is 18.3 Å². The molecule has 0 fully saturated rings. The van der Waals surface area contributed by atoms with Crippen LogP contribution in [0.15, 0.2) is 24.3 Å². The number of unbranched alkanes of at least 4 members (excludes halogenated alkanes) is 3. The second-order valence-electron chi connectivity index (χ2n) is 5.75. The van der Waals surface area contributed by atoms with Gasteiger partial charge in [-0.3, -0.25) is 0 Å². The highest BCUT2D eigenvalue weighted by molar-refractivity contribution is 7.12. The Bertz CT molecular complexity index is 774. The van der Waals surface area contributed by atoms with Gasteiger partial charge in [0.05, 0.1) is 4.88 Å². The molecule has 0 saturated heterocycles. The number of carbonyl (C=O) groups excluding carboxylic acids is 4. The molecule has 8 heteroatoms. The van der Waals surface area contributed by atoms with E-state index >= 15 is 0 Å². The van der Waals surface area contributed by atoms with Gasteiger partial charge in [0.1, 0.15) is 0 Å². The zero-order chi connectivity index (χ0) is 23.0. The molecule has 2 heterocycles. The lowest BCUT2D eigenvalue weighted by molar-refractivity contribution is -0.193. The summed E-state index contributed by atoms with van der Waals surface area (Å²) in [7, 11) is 0. The van der Waals surface area contributed by atoms with E-state index in [2.05, 4.69) is 43.9 Å². The van der Waals surface area contributed by atoms with Crippen molar-refractivity contribution >= 4 is 35.0 Å². The second kappa shape index (κ2) is 22.9. The highest BCUT2D eigenvalue weighted by Crippen LogP contribution is 2.17. The fraction of sp³-hybridized carbons (Fsp3) is 0.455. The average molecular weight is 453 g/mol. The maximum absolute atomic E-state index is 8.57. The molecule has 0 spiro atoms. The number of aliphatic hydroxyl groups excluding tert-OH is 2. The summed E-state index contributed by atoms with van der Waals surface area (Å²) >= 11 is 3.59. The van der Waals surface area contributed by atoms with Gasteiger partial charge in [0, 0.05) is 34.3 Å². The first-order valence-corrected chi connectivity index (χ1v) is 10.9. The molecule has 0 aliphatic carbocycles. The van der Waals surface area contributed by atoms with Gasteiger partial charge in [0.25, 0.3) is 0 Å². The van der Waals surface area contributed by atoms with Crippen LogP contribution in [0.1, 0.15) is 51.6 Å². The van der Waals surface area contributed by atoms with E-state index in [4.69, 9.17) is 29.4 Å². The van der Waals surface area contributed by atoms with Crippen LogP contribution in [0.3, 0.4) is 0 Å². The molecule has 0 amide bonds. The average Bonchev–Trinajstić information content (AvgIpc) is 3.32. The van der Waals surface area contributed by atoms with Gasteiger partial charge < -0.3 is 10.2 Å². The number of aryl methyl sites for hydroxylation is 3. The third kappa shape index (κ3) is 20.4. The molecule has 30 heavy (non-hydrogen) atoms. The Morgan fingerprint density at radius 1 is 0.767 bits per heavy atom. The van der Waals surface area contributed by atoms with Crippen LogP contribution >= 0.6 is 22.7 Å². The molecule has 0 atom stereocenters. The number of thiophene rings is 2. The maximum atomic E-state index is 8.57. The standard InChI is InChI=1S/C10H16OS.C10H12OS.2CO2/c2*1-9-6-7-10(12-9)5-3-2-4-8-11;2*2-1-3/h6-7,11H,2-5,8H2,1H3;6-7,11H,2,4,8H2,1H3;;. The lowest BCUT2D eigenvalue weighted by Crippen LogP contribution is -1.85. The van der Waals surface area contributed by atoms with Crippen LogP contribution in [-0.4, -0.2) is 35.7 Å². The van der Waals surface area contributed by atoms with Gasteiger partial charge in [-0.05, 0) is 63.8 Å². The zero-order valence-corrected chi connectivity index (χ0v) is 18.9. The second-order valence-corrected chi connectivity index (χ2v) is 8.41. The van der Waals surface area contributed by atoms with Gasteiger partial charge in [0.2, 0.25) is 0 Å². The van der Waals surface area contributed by atoms with Gasteiger partial charge >= 0.3 is 12.3 Å². The first-order chi connectivity index (χ1) is 14.5. The zero-order valence-electron chi connectivity index (χ0n) is 17.3. The summed E-state index contributed by atoms with van der Waals surface area (Å²) in [4.78, 5) is 37.8. The van der Waals surface area contributed by atoms with E-state index in [0.29, 0.717) is 6.61 Å². The molecule has 0 aromatic carbocycles. The maximum Gasteiger partial charge on any atom is 0.373 e. The van der Waals surface area contributed by atoms with Crippen molar-refractivity contribution in [2.75, 3.05) is 13.2 Å². The quantitative estimate of drug-likeness (QED) is 0.489. The van der Waals surface area contributed by atoms with Gasteiger partial charge in [-0.25, -0.2) is 0 Å². The van der Waals surface area contributed by atoms with Gasteiger partial charge in [-0.2, -0.15) is 19.2 Å². The van der Waals surface area contributed by atoms with Crippen LogP contribution in [0.2, 0.25) is 0 Å². The minimum Gasteiger partial charge on any atom is -0.396 e. The summed E-state index contributed by atoms with van der Waals surface area (Å²) in [5.74, 6) is 6.07. The lowest BCUT2D eigenvalue weighted by Gasteiger charge is -1.95. The molecular weight excluding hydrogens is 424 g/mol. The molecule has 0 radical (unpaired) electrons. The molecule has 2 rings (SSSR count). The first kappa shape index (κ1) is 29.8. The Labute approximate surface area is 185 Å². The molecule has 0 aliphatic rings. The topological polar surface area (TPSA) is 109 Å². The Morgan fingerprint density at radius 2 is 1.33 bits per heavy atom. The van der Waals surface area contributed by atoms with E-state index < -0.39 is 0 Å². The smallest absolute Gasteiger partial charge is 0.373 e. The summed E-state index contributed by atoms with van der Waals surface area (Å²) in [6.07, 6.45) is 6.54. The van der Waals surface area contributed by atoms with Crippen molar-refractivity contribution in [3.63, 3.8) is 0 Å². The summed E-state index contributed by atoms with van der Waals surface area (Å²) in [6.45, 7) is 4.78. The number of hydrogen-bond donors (Lipinski definition) is 2. The van der Waals surface area contributed by atoms with E-state index in [0.717, 1.165) is 30.6 Å². The van der Waals surface area contributed by atoms with E-state index in [-0.39, 0.29) is 18.9 Å². The highest BCUT2D eigenvalue weighted by Gasteiger charge is 1.95. The SMILES string of the molecule is Cc1ccc(C#CCCCO)s1.Cc1ccc(CCCCCO)s1.O=C=O.O=C=O. The predicted molar refractivity (Wildman–Crippen MR) is 116 cm³/mol. The van der Waals surface area contributed by atoms with Crippen molar-refractivity contribution in [3.05, 3.63) is 43.8 Å². The lowest BCUT2D eigenvalue weighted by atomic mass is 10.2. The third-order valence-electron chi connectivity index (χ3n) is 3.29. The van der Waals surface area contributed by atoms with E-state index in [1.54, 1.807) is 11.3 Å². The van der Waals surface area contributed by atoms with Crippen molar-refractivity contribution in [3.8, 4) is 11.8 Å². The van der Waals surface area contributed by atoms with Crippen molar-refractivity contribution in [1.29, 1.82) is 0 Å². The van der Waals surface area contributed by atoms with E-state index in [9.17, 15) is 0 Å². The normalized spacial score (nSPS) is 8.40. The van der Waals surface area contributed by atoms with Crippen LogP contribution in [0, 0.1) is 25.7 Å². The Morgan fingerprint density at radius 3 is 1.80 bits per heavy atom. The molecule has 0 unspecified atom stereocenters. The number of hydrogen-bond acceptors (Lipinski definition) is 8. The number of aliphatic hydroxyl groups is 2. The molecular formula is C22H28O6S2. The summed E-state index contributed by atoms with van der Waals surface area (Å²) < 4.78 is 0. The molecule has 0 bridgehead atoms. The van der Waals surface area contributed by atoms with Crippen molar-refractivity contribution in [1.82, 2.24) is 0 Å². The molecule has 6 nitrogen and oxygen atoms in total. The highest BCUT2D eigenvalue weighted by atomic mass is 32.1. The number of rotatable bonds is 7. The van der Waals surface area contributed by atoms with Gasteiger partial charge in [-0.15, -0.1) is 22.7 Å². The molecule has 2 N–H and O–H groups in total. The monoisotopic (exact) mass is 452 g/mol. The van der Waals surface area contributed by atoms with Gasteiger partial charge in [0.15, 0.2) is 0 Å². The fourth-order valence-corrected chi connectivity index (χ4v) is 3.70. The predicted octanol–water partition coefficient (Wildman–Crippen LogP) is 3.78. The molecule has 2 aromatic rings. The molecule has 164 valence electrons. The van der Waals surface area contributed by atoms with Crippen LogP contribution in [0.25, 0.3) is 0 Å². The van der Waals surface area contributed by atoms with E-state index in [1.165, 1.54) is 27.5 Å². The minimum atomic E-state index is 0.234. The van der Waals surface area contributed by atoms with E-state index in [1.807, 2.05) is 17.4 Å². The van der Waals surface area contributed by atoms with Crippen molar-refractivity contribution in [2.45, 2.75) is 52.4 Å².